The lowest BCUT2D eigenvalue weighted by Gasteiger charge is -2.15. The quantitative estimate of drug-likeness (QED) is 0.703. The summed E-state index contributed by atoms with van der Waals surface area (Å²) in [7, 11) is 0. The maximum atomic E-state index is 6.03. The third-order valence-corrected chi connectivity index (χ3v) is 3.76. The zero-order valence-electron chi connectivity index (χ0n) is 9.58. The molecule has 1 aliphatic rings. The van der Waals surface area contributed by atoms with E-state index in [1.165, 1.54) is 11.1 Å². The first-order chi connectivity index (χ1) is 8.72. The van der Waals surface area contributed by atoms with Gasteiger partial charge in [0.15, 0.2) is 0 Å². The number of hydrogen-bond acceptors (Lipinski definition) is 1. The highest BCUT2D eigenvalue weighted by molar-refractivity contribution is 9.10. The molecule has 0 aromatic heterocycles. The molecular formula is C15H11BrClN. The molecule has 2 aromatic rings. The van der Waals surface area contributed by atoms with E-state index in [0.29, 0.717) is 0 Å². The normalized spacial score (nSPS) is 14.8. The van der Waals surface area contributed by atoms with Gasteiger partial charge in [-0.3, -0.25) is 0 Å². The van der Waals surface area contributed by atoms with Crippen LogP contribution in [0.5, 0.6) is 0 Å². The molecule has 3 rings (SSSR count). The summed E-state index contributed by atoms with van der Waals surface area (Å²) in [5.41, 5.74) is 4.75. The van der Waals surface area contributed by atoms with Crippen LogP contribution in [0, 0.1) is 0 Å². The van der Waals surface area contributed by atoms with E-state index >= 15 is 0 Å². The molecule has 90 valence electrons. The summed E-state index contributed by atoms with van der Waals surface area (Å²) < 4.78 is 1.10. The first-order valence-electron chi connectivity index (χ1n) is 5.72. The second kappa shape index (κ2) is 4.79. The van der Waals surface area contributed by atoms with Gasteiger partial charge in [0.05, 0.1) is 0 Å². The van der Waals surface area contributed by atoms with E-state index in [1.807, 2.05) is 18.2 Å². The molecule has 0 atom stereocenters. The van der Waals surface area contributed by atoms with Crippen LogP contribution in [-0.4, -0.2) is 0 Å². The highest BCUT2D eigenvalue weighted by atomic mass is 79.9. The second-order valence-electron chi connectivity index (χ2n) is 4.26. The van der Waals surface area contributed by atoms with Crippen LogP contribution in [-0.2, 0) is 6.54 Å². The maximum Gasteiger partial charge on any atom is 0.0417 e. The van der Waals surface area contributed by atoms with Crippen molar-refractivity contribution in [2.24, 2.45) is 0 Å². The predicted octanol–water partition coefficient (Wildman–Crippen LogP) is 5.20. The molecular weight excluding hydrogens is 310 g/mol. The Morgan fingerprint density at radius 1 is 1.00 bits per heavy atom. The summed E-state index contributed by atoms with van der Waals surface area (Å²) in [6.07, 6.45) is 4.23. The Morgan fingerprint density at radius 2 is 1.83 bits per heavy atom. The van der Waals surface area contributed by atoms with Crippen LogP contribution in [0.25, 0.3) is 12.2 Å². The number of nitrogens with one attached hydrogen (secondary N) is 1. The topological polar surface area (TPSA) is 12.0 Å². The number of anilines is 1. The number of rotatable bonds is 0. The standard InChI is InChI=1S/C15H11BrClN/c16-13-4-3-12-9-18-15-6-5-14(17)8-11(15)2-1-10(12)7-13/h1-8,18H,9H2/b2-1-. The Morgan fingerprint density at radius 3 is 2.72 bits per heavy atom. The molecule has 3 heteroatoms. The average Bonchev–Trinajstić information content (AvgIpc) is 2.34. The Kier molecular flexibility index (Phi) is 3.14. The van der Waals surface area contributed by atoms with Gasteiger partial charge in [-0.15, -0.1) is 0 Å². The molecule has 0 fully saturated rings. The lowest BCUT2D eigenvalue weighted by molar-refractivity contribution is 1.14. The molecule has 1 N–H and O–H groups in total. The van der Waals surface area contributed by atoms with Gasteiger partial charge in [-0.2, -0.15) is 0 Å². The lowest BCUT2D eigenvalue weighted by atomic mass is 10.0. The summed E-state index contributed by atoms with van der Waals surface area (Å²) in [4.78, 5) is 0. The summed E-state index contributed by atoms with van der Waals surface area (Å²) >= 11 is 9.53. The van der Waals surface area contributed by atoms with Gasteiger partial charge in [0.1, 0.15) is 0 Å². The molecule has 0 aliphatic carbocycles. The Bertz CT molecular complexity index is 579. The van der Waals surface area contributed by atoms with Crippen LogP contribution in [0.15, 0.2) is 40.9 Å². The minimum absolute atomic E-state index is 0.759. The summed E-state index contributed by atoms with van der Waals surface area (Å²) in [5.74, 6) is 0. The molecule has 0 bridgehead atoms. The van der Waals surface area contributed by atoms with Crippen LogP contribution in [0.1, 0.15) is 16.7 Å². The van der Waals surface area contributed by atoms with Crippen LogP contribution in [0.3, 0.4) is 0 Å². The van der Waals surface area contributed by atoms with Gasteiger partial charge in [0, 0.05) is 21.7 Å². The van der Waals surface area contributed by atoms with E-state index in [0.717, 1.165) is 27.3 Å². The summed E-state index contributed by atoms with van der Waals surface area (Å²) in [5, 5.41) is 4.20. The number of fused-ring (bicyclic) bond motifs is 2. The van der Waals surface area contributed by atoms with E-state index in [2.05, 4.69) is 51.6 Å². The van der Waals surface area contributed by atoms with E-state index in [9.17, 15) is 0 Å². The van der Waals surface area contributed by atoms with Crippen molar-refractivity contribution in [3.8, 4) is 0 Å². The third-order valence-electron chi connectivity index (χ3n) is 3.03. The second-order valence-corrected chi connectivity index (χ2v) is 5.61. The molecule has 18 heavy (non-hydrogen) atoms. The molecule has 1 nitrogen and oxygen atoms in total. The molecule has 1 aliphatic heterocycles. The molecule has 0 saturated heterocycles. The Labute approximate surface area is 120 Å². The van der Waals surface area contributed by atoms with E-state index in [-0.39, 0.29) is 0 Å². The van der Waals surface area contributed by atoms with Gasteiger partial charge < -0.3 is 5.32 Å². The number of halogens is 2. The van der Waals surface area contributed by atoms with Gasteiger partial charge in [-0.25, -0.2) is 0 Å². The largest absolute Gasteiger partial charge is 0.380 e. The van der Waals surface area contributed by atoms with Crippen molar-refractivity contribution in [3.05, 3.63) is 62.6 Å². The lowest BCUT2D eigenvalue weighted by Crippen LogP contribution is -2.04. The number of benzene rings is 2. The maximum absolute atomic E-state index is 6.03. The highest BCUT2D eigenvalue weighted by Crippen LogP contribution is 2.27. The monoisotopic (exact) mass is 319 g/mol. The molecule has 0 spiro atoms. The van der Waals surface area contributed by atoms with Gasteiger partial charge in [0.2, 0.25) is 0 Å². The molecule has 0 radical (unpaired) electrons. The summed E-state index contributed by atoms with van der Waals surface area (Å²) in [6, 6.07) is 12.2. The van der Waals surface area contributed by atoms with Crippen molar-refractivity contribution >= 4 is 45.4 Å². The van der Waals surface area contributed by atoms with E-state index < -0.39 is 0 Å². The van der Waals surface area contributed by atoms with Crippen LogP contribution in [0.2, 0.25) is 5.02 Å². The fraction of sp³-hybridized carbons (Fsp3) is 0.0667. The first kappa shape index (κ1) is 11.8. The zero-order chi connectivity index (χ0) is 12.5. The SMILES string of the molecule is Clc1ccc2c(c1)/C=C\c1cc(Br)ccc1CN2. The minimum Gasteiger partial charge on any atom is -0.380 e. The van der Waals surface area contributed by atoms with Gasteiger partial charge in [-0.1, -0.05) is 45.7 Å². The fourth-order valence-corrected chi connectivity index (χ4v) is 2.64. The van der Waals surface area contributed by atoms with Crippen molar-refractivity contribution < 1.29 is 0 Å². The van der Waals surface area contributed by atoms with Gasteiger partial charge in [-0.05, 0) is 47.0 Å². The smallest absolute Gasteiger partial charge is 0.0417 e. The van der Waals surface area contributed by atoms with Crippen molar-refractivity contribution in [2.45, 2.75) is 6.54 Å². The van der Waals surface area contributed by atoms with E-state index in [4.69, 9.17) is 11.6 Å². The van der Waals surface area contributed by atoms with Crippen molar-refractivity contribution in [1.29, 1.82) is 0 Å². The van der Waals surface area contributed by atoms with Crippen molar-refractivity contribution in [3.63, 3.8) is 0 Å². The molecule has 0 saturated carbocycles. The fourth-order valence-electron chi connectivity index (χ4n) is 2.08. The minimum atomic E-state index is 0.759. The Hall–Kier alpha value is -1.25. The van der Waals surface area contributed by atoms with Crippen molar-refractivity contribution in [2.75, 3.05) is 5.32 Å². The third kappa shape index (κ3) is 2.31. The molecule has 0 unspecified atom stereocenters. The molecule has 1 heterocycles. The van der Waals surface area contributed by atoms with Crippen LogP contribution in [0.4, 0.5) is 5.69 Å². The van der Waals surface area contributed by atoms with Crippen LogP contribution >= 0.6 is 27.5 Å². The first-order valence-corrected chi connectivity index (χ1v) is 6.89. The zero-order valence-corrected chi connectivity index (χ0v) is 11.9. The molecule has 0 amide bonds. The van der Waals surface area contributed by atoms with E-state index in [1.54, 1.807) is 0 Å². The van der Waals surface area contributed by atoms with Gasteiger partial charge in [0.25, 0.3) is 0 Å². The summed E-state index contributed by atoms with van der Waals surface area (Å²) in [6.45, 7) is 0.821. The molecule has 2 aromatic carbocycles. The number of hydrogen-bond donors (Lipinski definition) is 1. The Balaban J connectivity index is 2.10. The highest BCUT2D eigenvalue weighted by Gasteiger charge is 2.07. The predicted molar refractivity (Wildman–Crippen MR) is 81.8 cm³/mol. The van der Waals surface area contributed by atoms with Gasteiger partial charge >= 0.3 is 0 Å². The average molecular weight is 321 g/mol. The van der Waals surface area contributed by atoms with Crippen LogP contribution < -0.4 is 5.32 Å². The van der Waals surface area contributed by atoms with Crippen molar-refractivity contribution in [1.82, 2.24) is 0 Å².